The van der Waals surface area contributed by atoms with Crippen LogP contribution in [0.2, 0.25) is 0 Å². The largest absolute Gasteiger partial charge is 0.467 e. The van der Waals surface area contributed by atoms with E-state index in [2.05, 4.69) is 10.0 Å². The number of carbonyl (C=O) groups is 1. The molecule has 1 heterocycles. The Hall–Kier alpha value is -3.66. The molecule has 2 N–H and O–H groups in total. The maximum atomic E-state index is 12.4. The first-order valence-corrected chi connectivity index (χ1v) is 9.51. The Labute approximate surface area is 160 Å². The summed E-state index contributed by atoms with van der Waals surface area (Å²) in [5, 5.41) is 13.3. The standard InChI is InChI=1S/C18H15N3O6S/c22-18(19-12-16-2-1-11-27-16)13-3-5-14(6-4-13)20-28(25,26)17-9-7-15(8-10-17)21(23)24/h1-11,20H,12H2,(H,19,22). The molecule has 3 rings (SSSR count). The lowest BCUT2D eigenvalue weighted by atomic mass is 10.2. The summed E-state index contributed by atoms with van der Waals surface area (Å²) in [6, 6.07) is 13.8. The van der Waals surface area contributed by atoms with Crippen molar-refractivity contribution in [1.29, 1.82) is 0 Å². The lowest BCUT2D eigenvalue weighted by Crippen LogP contribution is -2.22. The van der Waals surface area contributed by atoms with Crippen molar-refractivity contribution in [3.05, 3.63) is 88.4 Å². The van der Waals surface area contributed by atoms with Crippen molar-refractivity contribution in [2.75, 3.05) is 4.72 Å². The molecular formula is C18H15N3O6S. The number of non-ortho nitro benzene ring substituents is 1. The molecule has 0 atom stereocenters. The third-order valence-corrected chi connectivity index (χ3v) is 5.16. The van der Waals surface area contributed by atoms with Gasteiger partial charge in [0, 0.05) is 23.4 Å². The number of anilines is 1. The van der Waals surface area contributed by atoms with E-state index in [-0.39, 0.29) is 28.7 Å². The van der Waals surface area contributed by atoms with E-state index in [0.717, 1.165) is 24.3 Å². The van der Waals surface area contributed by atoms with Crippen molar-refractivity contribution in [2.24, 2.45) is 0 Å². The van der Waals surface area contributed by atoms with Crippen molar-refractivity contribution in [3.63, 3.8) is 0 Å². The summed E-state index contributed by atoms with van der Waals surface area (Å²) in [4.78, 5) is 22.0. The molecule has 10 heteroatoms. The molecule has 0 aliphatic rings. The molecule has 144 valence electrons. The Bertz CT molecular complexity index is 1080. The molecule has 2 aromatic carbocycles. The second-order valence-electron chi connectivity index (χ2n) is 5.70. The maximum absolute atomic E-state index is 12.4. The zero-order valence-corrected chi connectivity index (χ0v) is 15.2. The number of sulfonamides is 1. The first-order chi connectivity index (χ1) is 13.3. The molecule has 0 aliphatic carbocycles. The fourth-order valence-electron chi connectivity index (χ4n) is 2.33. The average Bonchev–Trinajstić information content (AvgIpc) is 3.20. The van der Waals surface area contributed by atoms with Crippen molar-refractivity contribution in [2.45, 2.75) is 11.4 Å². The summed E-state index contributed by atoms with van der Waals surface area (Å²) in [5.74, 6) is 0.280. The van der Waals surface area contributed by atoms with Gasteiger partial charge in [-0.1, -0.05) is 0 Å². The summed E-state index contributed by atoms with van der Waals surface area (Å²) >= 11 is 0. The van der Waals surface area contributed by atoms with E-state index in [4.69, 9.17) is 4.42 Å². The number of amides is 1. The van der Waals surface area contributed by atoms with Gasteiger partial charge < -0.3 is 9.73 Å². The second kappa shape index (κ2) is 7.92. The summed E-state index contributed by atoms with van der Waals surface area (Å²) < 4.78 is 32.2. The maximum Gasteiger partial charge on any atom is 0.269 e. The van der Waals surface area contributed by atoms with Crippen LogP contribution in [0.15, 0.2) is 76.2 Å². The third kappa shape index (κ3) is 4.54. The van der Waals surface area contributed by atoms with Gasteiger partial charge in [-0.3, -0.25) is 19.6 Å². The van der Waals surface area contributed by atoms with Crippen LogP contribution in [0, 0.1) is 10.1 Å². The Morgan fingerprint density at radius 1 is 1.04 bits per heavy atom. The zero-order valence-electron chi connectivity index (χ0n) is 14.4. The number of hydrogen-bond donors (Lipinski definition) is 2. The van der Waals surface area contributed by atoms with Crippen LogP contribution in [0.25, 0.3) is 0 Å². The van der Waals surface area contributed by atoms with Gasteiger partial charge in [0.05, 0.1) is 22.6 Å². The summed E-state index contributed by atoms with van der Waals surface area (Å²) in [5.41, 5.74) is 0.398. The summed E-state index contributed by atoms with van der Waals surface area (Å²) in [7, 11) is -3.91. The topological polar surface area (TPSA) is 132 Å². The highest BCUT2D eigenvalue weighted by Gasteiger charge is 2.16. The molecule has 0 radical (unpaired) electrons. The molecule has 1 amide bonds. The monoisotopic (exact) mass is 401 g/mol. The van der Waals surface area contributed by atoms with Crippen molar-refractivity contribution < 1.29 is 22.6 Å². The van der Waals surface area contributed by atoms with E-state index >= 15 is 0 Å². The van der Waals surface area contributed by atoms with Gasteiger partial charge in [-0.05, 0) is 48.5 Å². The molecule has 0 unspecified atom stereocenters. The lowest BCUT2D eigenvalue weighted by Gasteiger charge is -2.09. The molecule has 28 heavy (non-hydrogen) atoms. The van der Waals surface area contributed by atoms with Crippen LogP contribution in [-0.4, -0.2) is 19.2 Å². The van der Waals surface area contributed by atoms with Gasteiger partial charge in [0.25, 0.3) is 21.6 Å². The van der Waals surface area contributed by atoms with Crippen LogP contribution in [0.1, 0.15) is 16.1 Å². The average molecular weight is 401 g/mol. The molecule has 0 saturated heterocycles. The number of carbonyl (C=O) groups excluding carboxylic acids is 1. The Morgan fingerprint density at radius 2 is 1.71 bits per heavy atom. The van der Waals surface area contributed by atoms with Gasteiger partial charge in [0.15, 0.2) is 0 Å². The molecule has 3 aromatic rings. The first-order valence-electron chi connectivity index (χ1n) is 8.03. The van der Waals surface area contributed by atoms with Gasteiger partial charge in [0.1, 0.15) is 5.76 Å². The van der Waals surface area contributed by atoms with E-state index in [1.807, 2.05) is 0 Å². The number of benzene rings is 2. The van der Waals surface area contributed by atoms with Crippen LogP contribution in [0.4, 0.5) is 11.4 Å². The van der Waals surface area contributed by atoms with Crippen molar-refractivity contribution >= 4 is 27.3 Å². The smallest absolute Gasteiger partial charge is 0.269 e. The number of nitro groups is 1. The highest BCUT2D eigenvalue weighted by atomic mass is 32.2. The van der Waals surface area contributed by atoms with E-state index in [9.17, 15) is 23.3 Å². The van der Waals surface area contributed by atoms with E-state index in [0.29, 0.717) is 11.3 Å². The summed E-state index contributed by atoms with van der Waals surface area (Å²) in [6.07, 6.45) is 1.51. The predicted octanol–water partition coefficient (Wildman–Crippen LogP) is 2.92. The number of rotatable bonds is 7. The number of nitrogens with one attached hydrogen (secondary N) is 2. The SMILES string of the molecule is O=C(NCc1ccco1)c1ccc(NS(=O)(=O)c2ccc([N+](=O)[O-])cc2)cc1. The van der Waals surface area contributed by atoms with Crippen LogP contribution >= 0.6 is 0 Å². The minimum Gasteiger partial charge on any atom is -0.467 e. The van der Waals surface area contributed by atoms with E-state index in [1.54, 1.807) is 12.1 Å². The third-order valence-electron chi connectivity index (χ3n) is 3.76. The summed E-state index contributed by atoms with van der Waals surface area (Å²) in [6.45, 7) is 0.236. The highest BCUT2D eigenvalue weighted by Crippen LogP contribution is 2.19. The fourth-order valence-corrected chi connectivity index (χ4v) is 3.39. The fraction of sp³-hybridized carbons (Fsp3) is 0.0556. The van der Waals surface area contributed by atoms with Crippen LogP contribution in [-0.2, 0) is 16.6 Å². The van der Waals surface area contributed by atoms with Crippen molar-refractivity contribution in [3.8, 4) is 0 Å². The molecule has 9 nitrogen and oxygen atoms in total. The van der Waals surface area contributed by atoms with Crippen LogP contribution < -0.4 is 10.0 Å². The van der Waals surface area contributed by atoms with Gasteiger partial charge in [0.2, 0.25) is 0 Å². The molecule has 0 spiro atoms. The van der Waals surface area contributed by atoms with Gasteiger partial charge in [-0.25, -0.2) is 8.42 Å². The minimum atomic E-state index is -3.91. The molecular weight excluding hydrogens is 386 g/mol. The second-order valence-corrected chi connectivity index (χ2v) is 7.38. The van der Waals surface area contributed by atoms with E-state index < -0.39 is 14.9 Å². The predicted molar refractivity (Wildman–Crippen MR) is 100 cm³/mol. The Balaban J connectivity index is 1.65. The quantitative estimate of drug-likeness (QED) is 0.462. The first kappa shape index (κ1) is 19.1. The number of hydrogen-bond acceptors (Lipinski definition) is 6. The molecule has 0 bridgehead atoms. The van der Waals surface area contributed by atoms with Gasteiger partial charge in [-0.2, -0.15) is 0 Å². The molecule has 1 aromatic heterocycles. The molecule has 0 saturated carbocycles. The van der Waals surface area contributed by atoms with Crippen molar-refractivity contribution in [1.82, 2.24) is 5.32 Å². The number of nitro benzene ring substituents is 1. The number of furan rings is 1. The molecule has 0 aliphatic heterocycles. The number of nitrogens with zero attached hydrogens (tertiary/aromatic N) is 1. The highest BCUT2D eigenvalue weighted by molar-refractivity contribution is 7.92. The molecule has 0 fully saturated rings. The van der Waals surface area contributed by atoms with Crippen LogP contribution in [0.5, 0.6) is 0 Å². The van der Waals surface area contributed by atoms with Gasteiger partial charge >= 0.3 is 0 Å². The minimum absolute atomic E-state index is 0.113. The van der Waals surface area contributed by atoms with Gasteiger partial charge in [-0.15, -0.1) is 0 Å². The Kier molecular flexibility index (Phi) is 5.41. The lowest BCUT2D eigenvalue weighted by molar-refractivity contribution is -0.384. The van der Waals surface area contributed by atoms with Crippen LogP contribution in [0.3, 0.4) is 0 Å². The normalized spacial score (nSPS) is 11.0. The zero-order chi connectivity index (χ0) is 20.1. The Morgan fingerprint density at radius 3 is 2.29 bits per heavy atom. The van der Waals surface area contributed by atoms with E-state index in [1.165, 1.54) is 30.5 Å².